The Labute approximate surface area is 231 Å². The Balaban J connectivity index is 1.75. The van der Waals surface area contributed by atoms with Gasteiger partial charge in [-0.3, -0.25) is 14.3 Å². The molecule has 0 aliphatic carbocycles. The van der Waals surface area contributed by atoms with Gasteiger partial charge < -0.3 is 24.4 Å². The molecule has 0 radical (unpaired) electrons. The SMILES string of the molecule is COc1ccccc1C(c1ccccc1)(c1ccccc1OC)C(O)[C@H]1O[C@@H](n2cc(C)c(=O)[nH]c2=O)CC1O. The Hall–Kier alpha value is -4.18. The molecule has 2 heterocycles. The first-order valence-electron chi connectivity index (χ1n) is 13.0. The predicted molar refractivity (Wildman–Crippen MR) is 149 cm³/mol. The van der Waals surface area contributed by atoms with Crippen molar-refractivity contribution in [2.45, 2.75) is 43.3 Å². The average molecular weight is 545 g/mol. The molecule has 5 rings (SSSR count). The maximum Gasteiger partial charge on any atom is 0.330 e. The van der Waals surface area contributed by atoms with Gasteiger partial charge in [0.05, 0.1) is 25.7 Å². The van der Waals surface area contributed by atoms with E-state index in [1.54, 1.807) is 21.1 Å². The predicted octanol–water partition coefficient (Wildman–Crippen LogP) is 2.91. The lowest BCUT2D eigenvalue weighted by molar-refractivity contribution is -0.0980. The maximum absolute atomic E-state index is 12.6. The molecule has 3 aromatic carbocycles. The van der Waals surface area contributed by atoms with Gasteiger partial charge in [0.15, 0.2) is 0 Å². The number of nitrogens with zero attached hydrogens (tertiary/aromatic N) is 1. The van der Waals surface area contributed by atoms with Crippen LogP contribution in [0.4, 0.5) is 0 Å². The van der Waals surface area contributed by atoms with Crippen LogP contribution in [0.3, 0.4) is 0 Å². The van der Waals surface area contributed by atoms with Crippen molar-refractivity contribution in [3.05, 3.63) is 128 Å². The van der Waals surface area contributed by atoms with Crippen molar-refractivity contribution in [2.24, 2.45) is 0 Å². The Morgan fingerprint density at radius 2 is 1.48 bits per heavy atom. The second-order valence-corrected chi connectivity index (χ2v) is 9.86. The van der Waals surface area contributed by atoms with Gasteiger partial charge in [-0.25, -0.2) is 4.79 Å². The van der Waals surface area contributed by atoms with Crippen LogP contribution >= 0.6 is 0 Å². The minimum absolute atomic E-state index is 0.0236. The van der Waals surface area contributed by atoms with Gasteiger partial charge in [0, 0.05) is 29.3 Å². The number of methoxy groups -OCH3 is 2. The second kappa shape index (κ2) is 11.1. The Morgan fingerprint density at radius 1 is 0.925 bits per heavy atom. The zero-order chi connectivity index (χ0) is 28.4. The third kappa shape index (κ3) is 4.52. The number of rotatable bonds is 8. The molecule has 0 spiro atoms. The van der Waals surface area contributed by atoms with E-state index < -0.39 is 41.2 Å². The summed E-state index contributed by atoms with van der Waals surface area (Å²) in [5, 5.41) is 23.8. The molecule has 208 valence electrons. The van der Waals surface area contributed by atoms with Gasteiger partial charge in [-0.2, -0.15) is 0 Å². The van der Waals surface area contributed by atoms with Crippen LogP contribution in [-0.4, -0.2) is 52.3 Å². The van der Waals surface area contributed by atoms with Gasteiger partial charge in [-0.05, 0) is 24.6 Å². The molecule has 2 unspecified atom stereocenters. The van der Waals surface area contributed by atoms with E-state index in [2.05, 4.69) is 4.98 Å². The molecule has 1 fully saturated rings. The fraction of sp³-hybridized carbons (Fsp3) is 0.290. The number of para-hydroxylation sites is 2. The Kier molecular flexibility index (Phi) is 7.62. The summed E-state index contributed by atoms with van der Waals surface area (Å²) in [7, 11) is 3.12. The monoisotopic (exact) mass is 544 g/mol. The molecule has 1 aliphatic heterocycles. The molecule has 9 heteroatoms. The molecule has 1 aromatic heterocycles. The number of aliphatic hydroxyl groups excluding tert-OH is 2. The summed E-state index contributed by atoms with van der Waals surface area (Å²) in [4.78, 5) is 26.9. The minimum atomic E-state index is -1.39. The van der Waals surface area contributed by atoms with Crippen molar-refractivity contribution in [2.75, 3.05) is 14.2 Å². The molecule has 40 heavy (non-hydrogen) atoms. The third-order valence-corrected chi connectivity index (χ3v) is 7.64. The maximum atomic E-state index is 12.6. The summed E-state index contributed by atoms with van der Waals surface area (Å²) in [6.07, 6.45) is -3.16. The molecule has 0 amide bonds. The zero-order valence-corrected chi connectivity index (χ0v) is 22.5. The molecule has 9 nitrogen and oxygen atoms in total. The quantitative estimate of drug-likeness (QED) is 0.292. The number of aliphatic hydroxyl groups is 2. The summed E-state index contributed by atoms with van der Waals surface area (Å²) in [5.74, 6) is 1.04. The van der Waals surface area contributed by atoms with E-state index in [9.17, 15) is 19.8 Å². The molecular weight excluding hydrogens is 512 g/mol. The molecule has 4 aromatic rings. The van der Waals surface area contributed by atoms with Gasteiger partial charge in [-0.15, -0.1) is 0 Å². The van der Waals surface area contributed by atoms with Crippen LogP contribution in [0, 0.1) is 6.92 Å². The first-order valence-corrected chi connectivity index (χ1v) is 13.0. The number of benzene rings is 3. The topological polar surface area (TPSA) is 123 Å². The summed E-state index contributed by atoms with van der Waals surface area (Å²) in [5.41, 5.74) is -0.184. The standard InChI is InChI=1S/C31H32N2O7/c1-19-18-33(30(37)32-29(19)36)26-17-23(34)27(40-26)28(35)31(20-11-5-4-6-12-20,21-13-7-9-15-24(21)38-2)22-14-8-10-16-25(22)39-3/h4-16,18,23,26-28,34-35H,17H2,1-3H3,(H,32,36,37)/t23?,26-,27+,28?/m1/s1. The number of ether oxygens (including phenoxy) is 3. The summed E-state index contributed by atoms with van der Waals surface area (Å²) >= 11 is 0. The molecule has 4 atom stereocenters. The third-order valence-electron chi connectivity index (χ3n) is 7.64. The van der Waals surface area contributed by atoms with Crippen molar-refractivity contribution in [1.29, 1.82) is 0 Å². The lowest BCUT2D eigenvalue weighted by Crippen LogP contribution is -2.51. The zero-order valence-electron chi connectivity index (χ0n) is 22.5. The lowest BCUT2D eigenvalue weighted by Gasteiger charge is -2.43. The summed E-state index contributed by atoms with van der Waals surface area (Å²) < 4.78 is 19.1. The number of hydrogen-bond acceptors (Lipinski definition) is 7. The van der Waals surface area contributed by atoms with Crippen molar-refractivity contribution in [3.8, 4) is 11.5 Å². The fourth-order valence-corrected chi connectivity index (χ4v) is 5.77. The molecule has 0 bridgehead atoms. The number of aryl methyl sites for hydroxylation is 1. The van der Waals surface area contributed by atoms with E-state index in [1.165, 1.54) is 10.8 Å². The molecule has 0 saturated carbocycles. The normalized spacial score (nSPS) is 19.8. The minimum Gasteiger partial charge on any atom is -0.496 e. The molecule has 1 saturated heterocycles. The summed E-state index contributed by atoms with van der Waals surface area (Å²) in [6.45, 7) is 1.58. The van der Waals surface area contributed by atoms with Gasteiger partial charge >= 0.3 is 5.69 Å². The smallest absolute Gasteiger partial charge is 0.330 e. The molecule has 1 aliphatic rings. The van der Waals surface area contributed by atoms with Crippen LogP contribution in [0.15, 0.2) is 94.6 Å². The van der Waals surface area contributed by atoms with E-state index in [0.717, 1.165) is 0 Å². The Morgan fingerprint density at radius 3 is 2.05 bits per heavy atom. The van der Waals surface area contributed by atoms with Gasteiger partial charge in [0.2, 0.25) is 0 Å². The van der Waals surface area contributed by atoms with Gasteiger partial charge in [0.1, 0.15) is 29.9 Å². The highest BCUT2D eigenvalue weighted by Gasteiger charge is 2.54. The van der Waals surface area contributed by atoms with E-state index >= 15 is 0 Å². The fourth-order valence-electron chi connectivity index (χ4n) is 5.77. The second-order valence-electron chi connectivity index (χ2n) is 9.86. The number of aromatic nitrogens is 2. The largest absolute Gasteiger partial charge is 0.496 e. The van der Waals surface area contributed by atoms with Gasteiger partial charge in [0.25, 0.3) is 5.56 Å². The van der Waals surface area contributed by atoms with E-state index in [-0.39, 0.29) is 6.42 Å². The van der Waals surface area contributed by atoms with Crippen LogP contribution < -0.4 is 20.7 Å². The van der Waals surface area contributed by atoms with Crippen molar-refractivity contribution < 1.29 is 24.4 Å². The van der Waals surface area contributed by atoms with Crippen LogP contribution in [0.5, 0.6) is 11.5 Å². The highest BCUT2D eigenvalue weighted by atomic mass is 16.5. The number of H-pyrrole nitrogens is 1. The van der Waals surface area contributed by atoms with Crippen molar-refractivity contribution in [1.82, 2.24) is 9.55 Å². The van der Waals surface area contributed by atoms with Gasteiger partial charge in [-0.1, -0.05) is 66.7 Å². The lowest BCUT2D eigenvalue weighted by atomic mass is 9.63. The van der Waals surface area contributed by atoms with Crippen molar-refractivity contribution >= 4 is 0 Å². The van der Waals surface area contributed by atoms with Crippen LogP contribution in [0.25, 0.3) is 0 Å². The molecule has 3 N–H and O–H groups in total. The number of nitrogens with one attached hydrogen (secondary N) is 1. The van der Waals surface area contributed by atoms with Crippen LogP contribution in [0.1, 0.15) is 34.9 Å². The average Bonchev–Trinajstić information content (AvgIpc) is 3.37. The highest BCUT2D eigenvalue weighted by molar-refractivity contribution is 5.60. The van der Waals surface area contributed by atoms with Crippen LogP contribution in [-0.2, 0) is 10.2 Å². The highest BCUT2D eigenvalue weighted by Crippen LogP contribution is 2.51. The van der Waals surface area contributed by atoms with E-state index in [1.807, 2.05) is 78.9 Å². The van der Waals surface area contributed by atoms with Crippen LogP contribution in [0.2, 0.25) is 0 Å². The summed E-state index contributed by atoms with van der Waals surface area (Å²) in [6, 6.07) is 24.2. The van der Waals surface area contributed by atoms with Crippen molar-refractivity contribution in [3.63, 3.8) is 0 Å². The van der Waals surface area contributed by atoms with E-state index in [4.69, 9.17) is 14.2 Å². The van der Waals surface area contributed by atoms with E-state index in [0.29, 0.717) is 33.8 Å². The molecular formula is C31H32N2O7. The Bertz CT molecular complexity index is 1550. The number of hydrogen-bond donors (Lipinski definition) is 3. The first-order chi connectivity index (χ1) is 19.3. The first kappa shape index (κ1) is 27.4. The number of aromatic amines is 1.